The fraction of sp³-hybridized carbons (Fsp3) is 0.529. The fourth-order valence-electron chi connectivity index (χ4n) is 3.04. The third kappa shape index (κ3) is 4.45. The van der Waals surface area contributed by atoms with Crippen LogP contribution in [0, 0.1) is 4.77 Å². The molecule has 0 atom stereocenters. The van der Waals surface area contributed by atoms with Crippen molar-refractivity contribution in [2.24, 2.45) is 0 Å². The SMILES string of the molecule is CCCc1n[nH]c(=S)n1CC(=O)Nc1ccc(N2CCCCC2)nc1. The molecule has 25 heavy (non-hydrogen) atoms. The van der Waals surface area contributed by atoms with Crippen LogP contribution in [0.4, 0.5) is 11.5 Å². The summed E-state index contributed by atoms with van der Waals surface area (Å²) in [5.74, 6) is 1.64. The van der Waals surface area contributed by atoms with Crippen molar-refractivity contribution in [2.45, 2.75) is 45.6 Å². The number of aryl methyl sites for hydroxylation is 1. The Morgan fingerprint density at radius 2 is 2.12 bits per heavy atom. The maximum atomic E-state index is 12.3. The first-order chi connectivity index (χ1) is 12.2. The van der Waals surface area contributed by atoms with Crippen LogP contribution in [-0.4, -0.2) is 38.7 Å². The largest absolute Gasteiger partial charge is 0.357 e. The van der Waals surface area contributed by atoms with E-state index in [1.54, 1.807) is 10.8 Å². The molecule has 2 aromatic heterocycles. The van der Waals surface area contributed by atoms with Crippen molar-refractivity contribution in [3.05, 3.63) is 28.9 Å². The normalized spacial score (nSPS) is 14.5. The molecule has 0 bridgehead atoms. The van der Waals surface area contributed by atoms with Crippen molar-refractivity contribution in [1.82, 2.24) is 19.7 Å². The number of aromatic amines is 1. The Hall–Kier alpha value is -2.22. The second kappa shape index (κ2) is 8.24. The van der Waals surface area contributed by atoms with E-state index in [0.29, 0.717) is 10.5 Å². The third-order valence-electron chi connectivity index (χ3n) is 4.32. The molecule has 3 rings (SSSR count). The smallest absolute Gasteiger partial charge is 0.244 e. The first-order valence-corrected chi connectivity index (χ1v) is 9.23. The Kier molecular flexibility index (Phi) is 5.80. The van der Waals surface area contributed by atoms with E-state index in [0.717, 1.165) is 37.6 Å². The summed E-state index contributed by atoms with van der Waals surface area (Å²) in [6, 6.07) is 3.86. The minimum Gasteiger partial charge on any atom is -0.357 e. The molecule has 0 aliphatic carbocycles. The second-order valence-electron chi connectivity index (χ2n) is 6.28. The highest BCUT2D eigenvalue weighted by Crippen LogP contribution is 2.19. The van der Waals surface area contributed by atoms with Crippen LogP contribution >= 0.6 is 12.2 Å². The van der Waals surface area contributed by atoms with Crippen molar-refractivity contribution in [3.63, 3.8) is 0 Å². The highest BCUT2D eigenvalue weighted by atomic mass is 32.1. The molecule has 0 unspecified atom stereocenters. The van der Waals surface area contributed by atoms with Gasteiger partial charge in [-0.25, -0.2) is 4.98 Å². The van der Waals surface area contributed by atoms with Gasteiger partial charge >= 0.3 is 0 Å². The van der Waals surface area contributed by atoms with E-state index in [2.05, 4.69) is 32.3 Å². The lowest BCUT2D eigenvalue weighted by Gasteiger charge is -2.27. The van der Waals surface area contributed by atoms with E-state index in [1.807, 2.05) is 12.1 Å². The molecule has 1 saturated heterocycles. The lowest BCUT2D eigenvalue weighted by atomic mass is 10.1. The summed E-state index contributed by atoms with van der Waals surface area (Å²) in [6.45, 7) is 4.32. The number of rotatable bonds is 6. The van der Waals surface area contributed by atoms with Crippen LogP contribution < -0.4 is 10.2 Å². The van der Waals surface area contributed by atoms with Gasteiger partial charge in [-0.05, 0) is 50.0 Å². The number of anilines is 2. The lowest BCUT2D eigenvalue weighted by molar-refractivity contribution is -0.116. The maximum Gasteiger partial charge on any atom is 0.244 e. The van der Waals surface area contributed by atoms with Gasteiger partial charge in [-0.3, -0.25) is 14.5 Å². The summed E-state index contributed by atoms with van der Waals surface area (Å²) < 4.78 is 2.21. The molecule has 134 valence electrons. The van der Waals surface area contributed by atoms with Gasteiger partial charge in [0.1, 0.15) is 18.2 Å². The van der Waals surface area contributed by atoms with E-state index in [1.165, 1.54) is 19.3 Å². The number of nitrogens with zero attached hydrogens (tertiary/aromatic N) is 4. The molecule has 0 saturated carbocycles. The lowest BCUT2D eigenvalue weighted by Crippen LogP contribution is -2.30. The molecule has 2 aromatic rings. The molecule has 3 heterocycles. The summed E-state index contributed by atoms with van der Waals surface area (Å²) in [5.41, 5.74) is 0.692. The van der Waals surface area contributed by atoms with Gasteiger partial charge in [-0.1, -0.05) is 6.92 Å². The number of nitrogens with one attached hydrogen (secondary N) is 2. The maximum absolute atomic E-state index is 12.3. The topological polar surface area (TPSA) is 78.8 Å². The van der Waals surface area contributed by atoms with Gasteiger partial charge in [0.05, 0.1) is 11.9 Å². The van der Waals surface area contributed by atoms with Crippen LogP contribution in [0.2, 0.25) is 0 Å². The fourth-order valence-corrected chi connectivity index (χ4v) is 3.26. The monoisotopic (exact) mass is 360 g/mol. The van der Waals surface area contributed by atoms with Gasteiger partial charge in [-0.2, -0.15) is 5.10 Å². The van der Waals surface area contributed by atoms with Crippen molar-refractivity contribution in [3.8, 4) is 0 Å². The zero-order chi connectivity index (χ0) is 17.6. The highest BCUT2D eigenvalue weighted by Gasteiger charge is 2.13. The number of carbonyl (C=O) groups is 1. The third-order valence-corrected chi connectivity index (χ3v) is 4.64. The number of carbonyl (C=O) groups excluding carboxylic acids is 1. The molecule has 0 aromatic carbocycles. The zero-order valence-electron chi connectivity index (χ0n) is 14.5. The van der Waals surface area contributed by atoms with Gasteiger partial charge in [0.15, 0.2) is 4.77 Å². The average molecular weight is 360 g/mol. The van der Waals surface area contributed by atoms with Gasteiger partial charge in [0.2, 0.25) is 5.91 Å². The van der Waals surface area contributed by atoms with Gasteiger partial charge in [0, 0.05) is 19.5 Å². The summed E-state index contributed by atoms with van der Waals surface area (Å²) in [7, 11) is 0. The van der Waals surface area contributed by atoms with Crippen molar-refractivity contribution >= 4 is 29.6 Å². The number of amides is 1. The molecule has 1 aliphatic rings. The zero-order valence-corrected chi connectivity index (χ0v) is 15.3. The number of hydrogen-bond acceptors (Lipinski definition) is 5. The number of H-pyrrole nitrogens is 1. The van der Waals surface area contributed by atoms with Gasteiger partial charge in [0.25, 0.3) is 0 Å². The first-order valence-electron chi connectivity index (χ1n) is 8.82. The molecule has 0 radical (unpaired) electrons. The molecular weight excluding hydrogens is 336 g/mol. The molecule has 2 N–H and O–H groups in total. The van der Waals surface area contributed by atoms with Crippen LogP contribution in [0.3, 0.4) is 0 Å². The van der Waals surface area contributed by atoms with Crippen LogP contribution in [0.15, 0.2) is 18.3 Å². The van der Waals surface area contributed by atoms with Crippen molar-refractivity contribution < 1.29 is 4.79 Å². The Labute approximate surface area is 152 Å². The Balaban J connectivity index is 1.61. The Morgan fingerprint density at radius 1 is 1.32 bits per heavy atom. The molecule has 1 aliphatic heterocycles. The second-order valence-corrected chi connectivity index (χ2v) is 6.67. The molecule has 0 spiro atoms. The average Bonchev–Trinajstić information content (AvgIpc) is 2.97. The molecule has 1 fully saturated rings. The number of pyridine rings is 1. The van der Waals surface area contributed by atoms with E-state index < -0.39 is 0 Å². The molecule has 1 amide bonds. The molecule has 7 nitrogen and oxygen atoms in total. The van der Waals surface area contributed by atoms with Crippen molar-refractivity contribution in [1.29, 1.82) is 0 Å². The molecule has 8 heteroatoms. The molecular formula is C17H24N6OS. The van der Waals surface area contributed by atoms with E-state index in [9.17, 15) is 4.79 Å². The predicted octanol–water partition coefficient (Wildman–Crippen LogP) is 2.92. The van der Waals surface area contributed by atoms with Crippen LogP contribution in [0.25, 0.3) is 0 Å². The highest BCUT2D eigenvalue weighted by molar-refractivity contribution is 7.71. The Morgan fingerprint density at radius 3 is 2.80 bits per heavy atom. The predicted molar refractivity (Wildman–Crippen MR) is 100 cm³/mol. The van der Waals surface area contributed by atoms with Crippen LogP contribution in [0.1, 0.15) is 38.4 Å². The number of hydrogen-bond donors (Lipinski definition) is 2. The Bertz CT molecular complexity index is 760. The van der Waals surface area contributed by atoms with E-state index in [4.69, 9.17) is 12.2 Å². The summed E-state index contributed by atoms with van der Waals surface area (Å²) in [4.78, 5) is 19.1. The quantitative estimate of drug-likeness (QED) is 0.775. The number of piperidine rings is 1. The van der Waals surface area contributed by atoms with Gasteiger partial charge in [-0.15, -0.1) is 0 Å². The summed E-state index contributed by atoms with van der Waals surface area (Å²) >= 11 is 5.21. The first kappa shape index (κ1) is 17.6. The minimum absolute atomic E-state index is 0.137. The standard InChI is InChI=1S/C17H24N6OS/c1-2-6-15-20-21-17(25)23(15)12-16(24)19-13-7-8-14(18-11-13)22-9-4-3-5-10-22/h7-8,11H,2-6,9-10,12H2,1H3,(H,19,24)(H,21,25). The van der Waals surface area contributed by atoms with Gasteiger partial charge < -0.3 is 10.2 Å². The number of aromatic nitrogens is 4. The van der Waals surface area contributed by atoms with Crippen LogP contribution in [-0.2, 0) is 17.8 Å². The van der Waals surface area contributed by atoms with Crippen LogP contribution in [0.5, 0.6) is 0 Å². The summed E-state index contributed by atoms with van der Waals surface area (Å²) in [6.07, 6.45) is 7.16. The minimum atomic E-state index is -0.137. The van der Waals surface area contributed by atoms with Crippen molar-refractivity contribution in [2.75, 3.05) is 23.3 Å². The summed E-state index contributed by atoms with van der Waals surface area (Å²) in [5, 5.41) is 9.81. The van der Waals surface area contributed by atoms with E-state index in [-0.39, 0.29) is 12.5 Å². The van der Waals surface area contributed by atoms with E-state index >= 15 is 0 Å².